The molecule has 0 bridgehead atoms. The van der Waals surface area contributed by atoms with Crippen LogP contribution in [0, 0.1) is 0 Å². The van der Waals surface area contributed by atoms with Gasteiger partial charge in [0.2, 0.25) is 11.9 Å². The predicted octanol–water partition coefficient (Wildman–Crippen LogP) is 3.54. The number of aromatic nitrogens is 3. The van der Waals surface area contributed by atoms with Gasteiger partial charge in [-0.15, -0.1) is 18.3 Å². The molecule has 1 atom stereocenters. The monoisotopic (exact) mass is 469 g/mol. The molecule has 1 fully saturated rings. The second-order valence-electron chi connectivity index (χ2n) is 8.12. The van der Waals surface area contributed by atoms with Gasteiger partial charge in [0.05, 0.1) is 12.1 Å². The van der Waals surface area contributed by atoms with E-state index in [9.17, 15) is 0 Å². The van der Waals surface area contributed by atoms with Crippen molar-refractivity contribution in [2.75, 3.05) is 43.4 Å². The zero-order chi connectivity index (χ0) is 23.5. The van der Waals surface area contributed by atoms with Gasteiger partial charge in [-0.05, 0) is 43.6 Å². The summed E-state index contributed by atoms with van der Waals surface area (Å²) in [5, 5.41) is 7.72. The first-order chi connectivity index (χ1) is 16.1. The number of piperidine rings is 1. The zero-order valence-corrected chi connectivity index (χ0v) is 20.1. The van der Waals surface area contributed by atoms with E-state index in [4.69, 9.17) is 22.7 Å². The maximum absolute atomic E-state index is 6.17. The highest BCUT2D eigenvalue weighted by Crippen LogP contribution is 2.20. The minimum Gasteiger partial charge on any atom is -0.493 e. The summed E-state index contributed by atoms with van der Waals surface area (Å²) in [4.78, 5) is 8.86. The molecule has 1 aromatic carbocycles. The van der Waals surface area contributed by atoms with Gasteiger partial charge in [-0.3, -0.25) is 4.90 Å². The molecule has 3 rings (SSSR count). The fourth-order valence-corrected chi connectivity index (χ4v) is 4.15. The highest BCUT2D eigenvalue weighted by Gasteiger charge is 2.19. The van der Waals surface area contributed by atoms with Gasteiger partial charge in [-0.2, -0.15) is 4.98 Å². The van der Waals surface area contributed by atoms with E-state index in [1.54, 1.807) is 16.8 Å². The highest BCUT2D eigenvalue weighted by atomic mass is 32.1. The number of nitrogens with two attached hydrogens (primary N) is 1. The number of anilines is 2. The molecule has 1 unspecified atom stereocenters. The van der Waals surface area contributed by atoms with Gasteiger partial charge in [0, 0.05) is 26.1 Å². The minimum atomic E-state index is -0.269. The van der Waals surface area contributed by atoms with E-state index in [1.165, 1.54) is 43.4 Å². The smallest absolute Gasteiger partial charge is 0.247 e. The van der Waals surface area contributed by atoms with Crippen LogP contribution in [0.5, 0.6) is 5.75 Å². The molecular weight excluding hydrogens is 434 g/mol. The van der Waals surface area contributed by atoms with Crippen molar-refractivity contribution in [1.82, 2.24) is 25.0 Å². The van der Waals surface area contributed by atoms with Crippen LogP contribution >= 0.6 is 12.2 Å². The maximum atomic E-state index is 6.17. The van der Waals surface area contributed by atoms with Gasteiger partial charge in [-0.25, -0.2) is 4.68 Å². The summed E-state index contributed by atoms with van der Waals surface area (Å²) in [6.45, 7) is 12.6. The molecule has 0 aliphatic carbocycles. The van der Waals surface area contributed by atoms with E-state index >= 15 is 0 Å². The Morgan fingerprint density at radius 1 is 1.21 bits per heavy atom. The largest absolute Gasteiger partial charge is 0.493 e. The van der Waals surface area contributed by atoms with Crippen molar-refractivity contribution in [2.24, 2.45) is 0 Å². The van der Waals surface area contributed by atoms with Crippen molar-refractivity contribution in [2.45, 2.75) is 38.4 Å². The summed E-state index contributed by atoms with van der Waals surface area (Å²) in [6, 6.07) is 8.33. The molecule has 2 heterocycles. The average Bonchev–Trinajstić information content (AvgIpc) is 3.20. The molecule has 0 amide bonds. The van der Waals surface area contributed by atoms with Crippen LogP contribution in [0.2, 0.25) is 0 Å². The summed E-state index contributed by atoms with van der Waals surface area (Å²) in [5.41, 5.74) is 8.92. The fraction of sp³-hybridized carbons (Fsp3) is 0.458. The molecule has 1 aliphatic rings. The first kappa shape index (κ1) is 24.7. The van der Waals surface area contributed by atoms with Crippen molar-refractivity contribution in [3.63, 3.8) is 0 Å². The third-order valence-electron chi connectivity index (χ3n) is 5.60. The molecule has 1 aliphatic heterocycles. The van der Waals surface area contributed by atoms with Crippen molar-refractivity contribution in [3.8, 4) is 5.75 Å². The predicted molar refractivity (Wildman–Crippen MR) is 139 cm³/mol. The number of ether oxygens (including phenoxy) is 1. The lowest BCUT2D eigenvalue weighted by Gasteiger charge is -2.26. The number of thiocarbonyl (C=S) groups is 1. The Balaban J connectivity index is 1.60. The van der Waals surface area contributed by atoms with Gasteiger partial charge in [0.1, 0.15) is 11.9 Å². The second-order valence-corrected chi connectivity index (χ2v) is 8.35. The average molecular weight is 470 g/mol. The summed E-state index contributed by atoms with van der Waals surface area (Å²) < 4.78 is 7.71. The number of hydrogen-bond acceptors (Lipinski definition) is 7. The number of hydrogen-bond donors (Lipinski definition) is 2. The molecule has 2 aromatic rings. The molecule has 1 saturated heterocycles. The molecule has 178 valence electrons. The first-order valence-corrected chi connectivity index (χ1v) is 11.9. The molecule has 8 nitrogen and oxygen atoms in total. The number of likely N-dealkylation sites (tertiary alicyclic amines) is 1. The van der Waals surface area contributed by atoms with Crippen LogP contribution in [-0.2, 0) is 6.54 Å². The third-order valence-corrected chi connectivity index (χ3v) is 5.73. The lowest BCUT2D eigenvalue weighted by atomic mass is 10.1. The SMILES string of the molecule is C=CCN(CC=C)c1nc(N)n(C(CCOc2cccc(CN3CCCCC3)c2)NC=S)n1. The topological polar surface area (TPSA) is 84.5 Å². The van der Waals surface area contributed by atoms with Crippen LogP contribution in [0.15, 0.2) is 49.6 Å². The normalized spacial score (nSPS) is 14.9. The van der Waals surface area contributed by atoms with Crippen LogP contribution in [0.4, 0.5) is 11.9 Å². The molecule has 9 heteroatoms. The van der Waals surface area contributed by atoms with Crippen LogP contribution in [-0.4, -0.2) is 57.9 Å². The van der Waals surface area contributed by atoms with Crippen molar-refractivity contribution in [3.05, 3.63) is 55.1 Å². The molecule has 0 radical (unpaired) electrons. The molecule has 1 aromatic heterocycles. The zero-order valence-electron chi connectivity index (χ0n) is 19.2. The lowest BCUT2D eigenvalue weighted by Crippen LogP contribution is -2.29. The summed E-state index contributed by atoms with van der Waals surface area (Å²) in [5.74, 6) is 1.69. The van der Waals surface area contributed by atoms with E-state index in [0.717, 1.165) is 12.3 Å². The van der Waals surface area contributed by atoms with Gasteiger partial charge >= 0.3 is 0 Å². The Morgan fingerprint density at radius 2 is 1.97 bits per heavy atom. The highest BCUT2D eigenvalue weighted by molar-refractivity contribution is 7.78. The summed E-state index contributed by atoms with van der Waals surface area (Å²) in [7, 11) is 0. The van der Waals surface area contributed by atoms with Crippen LogP contribution in [0.1, 0.15) is 37.4 Å². The third kappa shape index (κ3) is 7.30. The van der Waals surface area contributed by atoms with Gasteiger partial charge in [-0.1, -0.05) is 42.9 Å². The fourth-order valence-electron chi connectivity index (χ4n) is 3.99. The second kappa shape index (κ2) is 13.0. The molecule has 0 spiro atoms. The van der Waals surface area contributed by atoms with Crippen LogP contribution in [0.25, 0.3) is 0 Å². The lowest BCUT2D eigenvalue weighted by molar-refractivity contribution is 0.220. The number of benzene rings is 1. The van der Waals surface area contributed by atoms with Crippen LogP contribution in [0.3, 0.4) is 0 Å². The molecule has 3 N–H and O–H groups in total. The number of nitrogens with one attached hydrogen (secondary N) is 1. The number of nitrogen functional groups attached to an aromatic ring is 1. The van der Waals surface area contributed by atoms with E-state index in [1.807, 2.05) is 11.0 Å². The first-order valence-electron chi connectivity index (χ1n) is 11.5. The van der Waals surface area contributed by atoms with E-state index in [2.05, 4.69) is 51.7 Å². The van der Waals surface area contributed by atoms with Crippen molar-refractivity contribution >= 4 is 29.6 Å². The molecular formula is C24H35N7OS. The van der Waals surface area contributed by atoms with Crippen molar-refractivity contribution < 1.29 is 4.74 Å². The van der Waals surface area contributed by atoms with E-state index < -0.39 is 0 Å². The minimum absolute atomic E-state index is 0.269. The standard InChI is InChI=1S/C24H35N7OS/c1-3-12-30(13-4-2)24-27-23(25)31(28-24)22(26-19-33)11-16-32-21-10-8-9-20(17-21)18-29-14-6-5-7-15-29/h3-4,8-10,17,19,22H,1-2,5-7,11-16,18H2,(H,26,33)(H2,25,27,28). The molecule has 0 saturated carbocycles. The van der Waals surface area contributed by atoms with E-state index in [-0.39, 0.29) is 6.17 Å². The Bertz CT molecular complexity index is 900. The Hall–Kier alpha value is -2.91. The Kier molecular flexibility index (Phi) is 9.71. The van der Waals surface area contributed by atoms with E-state index in [0.29, 0.717) is 38.0 Å². The number of nitrogens with zero attached hydrogens (tertiary/aromatic N) is 5. The summed E-state index contributed by atoms with van der Waals surface area (Å²) in [6.07, 6.45) is 7.84. The molecule has 33 heavy (non-hydrogen) atoms. The van der Waals surface area contributed by atoms with Gasteiger partial charge in [0.25, 0.3) is 0 Å². The Labute approximate surface area is 202 Å². The summed E-state index contributed by atoms with van der Waals surface area (Å²) >= 11 is 5.03. The quantitative estimate of drug-likeness (QED) is 0.321. The maximum Gasteiger partial charge on any atom is 0.247 e. The van der Waals surface area contributed by atoms with Crippen LogP contribution < -0.4 is 20.7 Å². The van der Waals surface area contributed by atoms with Gasteiger partial charge in [0.15, 0.2) is 0 Å². The van der Waals surface area contributed by atoms with Crippen molar-refractivity contribution in [1.29, 1.82) is 0 Å². The Morgan fingerprint density at radius 3 is 2.67 bits per heavy atom. The van der Waals surface area contributed by atoms with Gasteiger partial charge < -0.3 is 20.7 Å². The number of rotatable bonds is 14.